The summed E-state index contributed by atoms with van der Waals surface area (Å²) in [5, 5.41) is 3.46. The summed E-state index contributed by atoms with van der Waals surface area (Å²) in [5.41, 5.74) is 7.98. The Morgan fingerprint density at radius 3 is 2.89 bits per heavy atom. The summed E-state index contributed by atoms with van der Waals surface area (Å²) < 4.78 is 0. The predicted octanol–water partition coefficient (Wildman–Crippen LogP) is 2.86. The minimum atomic E-state index is -0.373. The fraction of sp³-hybridized carbons (Fsp3) is 0.400. The normalized spacial score (nSPS) is 18.6. The lowest BCUT2D eigenvalue weighted by Gasteiger charge is -2.19. The van der Waals surface area contributed by atoms with Gasteiger partial charge in [-0.15, -0.1) is 0 Å². The molecule has 0 spiro atoms. The maximum Gasteiger partial charge on any atom is 0.248 e. The molecule has 0 bridgehead atoms. The molecule has 1 aromatic rings. The predicted molar refractivity (Wildman–Crippen MR) is 74.7 cm³/mol. The average Bonchev–Trinajstić information content (AvgIpc) is 2.38. The van der Waals surface area contributed by atoms with Crippen LogP contribution in [-0.2, 0) is 0 Å². The van der Waals surface area contributed by atoms with Crippen molar-refractivity contribution in [2.24, 2.45) is 11.7 Å². The van der Waals surface area contributed by atoms with Gasteiger partial charge in [-0.25, -0.2) is 0 Å². The number of allylic oxidation sites excluding steroid dienone is 2. The standard InChI is InChI=1S/C15H20N2O/c1-11-9-13(15(16)18)7-8-14(11)17-10-12-5-3-2-4-6-12/h2-3,7-9,12,17H,4-6,10H2,1H3,(H2,16,18). The number of nitrogens with two attached hydrogens (primary N) is 1. The van der Waals surface area contributed by atoms with Gasteiger partial charge in [0.2, 0.25) is 5.91 Å². The van der Waals surface area contributed by atoms with Gasteiger partial charge in [0.1, 0.15) is 0 Å². The van der Waals surface area contributed by atoms with Crippen molar-refractivity contribution in [3.05, 3.63) is 41.5 Å². The van der Waals surface area contributed by atoms with Crippen molar-refractivity contribution >= 4 is 11.6 Å². The molecule has 2 rings (SSSR count). The van der Waals surface area contributed by atoms with E-state index in [0.717, 1.165) is 24.2 Å². The molecule has 1 aliphatic carbocycles. The number of primary amides is 1. The average molecular weight is 244 g/mol. The molecule has 3 N–H and O–H groups in total. The van der Waals surface area contributed by atoms with Crippen LogP contribution < -0.4 is 11.1 Å². The molecule has 3 nitrogen and oxygen atoms in total. The number of anilines is 1. The zero-order valence-electron chi connectivity index (χ0n) is 10.8. The largest absolute Gasteiger partial charge is 0.385 e. The molecule has 0 radical (unpaired) electrons. The quantitative estimate of drug-likeness (QED) is 0.800. The molecule has 3 heteroatoms. The van der Waals surface area contributed by atoms with Crippen LogP contribution in [0.3, 0.4) is 0 Å². The molecule has 1 atom stereocenters. The van der Waals surface area contributed by atoms with Gasteiger partial charge in [-0.05, 0) is 55.9 Å². The SMILES string of the molecule is Cc1cc(C(N)=O)ccc1NCC1CC=CCC1. The van der Waals surface area contributed by atoms with Crippen molar-refractivity contribution < 1.29 is 4.79 Å². The Hall–Kier alpha value is -1.77. The first kappa shape index (κ1) is 12.7. The number of amides is 1. The van der Waals surface area contributed by atoms with Crippen LogP contribution >= 0.6 is 0 Å². The van der Waals surface area contributed by atoms with E-state index in [1.807, 2.05) is 19.1 Å². The first-order valence-electron chi connectivity index (χ1n) is 6.46. The van der Waals surface area contributed by atoms with Gasteiger partial charge < -0.3 is 11.1 Å². The lowest BCUT2D eigenvalue weighted by atomic mass is 9.94. The van der Waals surface area contributed by atoms with Crippen molar-refractivity contribution in [2.45, 2.75) is 26.2 Å². The van der Waals surface area contributed by atoms with Crippen LogP contribution in [0.25, 0.3) is 0 Å². The molecular weight excluding hydrogens is 224 g/mol. The molecular formula is C15H20N2O. The number of aryl methyl sites for hydroxylation is 1. The summed E-state index contributed by atoms with van der Waals surface area (Å²) in [4.78, 5) is 11.1. The molecule has 1 aromatic carbocycles. The third-order valence-corrected chi connectivity index (χ3v) is 3.47. The molecule has 18 heavy (non-hydrogen) atoms. The monoisotopic (exact) mass is 244 g/mol. The smallest absolute Gasteiger partial charge is 0.248 e. The lowest BCUT2D eigenvalue weighted by molar-refractivity contribution is 0.1000. The number of hydrogen-bond donors (Lipinski definition) is 2. The van der Waals surface area contributed by atoms with Crippen molar-refractivity contribution in [1.82, 2.24) is 0 Å². The first-order valence-corrected chi connectivity index (χ1v) is 6.46. The van der Waals surface area contributed by atoms with Crippen LogP contribution in [0.15, 0.2) is 30.4 Å². The van der Waals surface area contributed by atoms with E-state index in [1.165, 1.54) is 12.8 Å². The number of carbonyl (C=O) groups is 1. The molecule has 0 fully saturated rings. The van der Waals surface area contributed by atoms with Crippen molar-refractivity contribution in [3.8, 4) is 0 Å². The maximum absolute atomic E-state index is 11.1. The zero-order chi connectivity index (χ0) is 13.0. The Balaban J connectivity index is 1.97. The second-order valence-electron chi connectivity index (χ2n) is 4.93. The van der Waals surface area contributed by atoms with Crippen molar-refractivity contribution in [1.29, 1.82) is 0 Å². The van der Waals surface area contributed by atoms with Gasteiger partial charge in [0, 0.05) is 17.8 Å². The fourth-order valence-electron chi connectivity index (χ4n) is 2.31. The molecule has 0 saturated carbocycles. The van der Waals surface area contributed by atoms with E-state index in [9.17, 15) is 4.79 Å². The summed E-state index contributed by atoms with van der Waals surface area (Å²) in [6, 6.07) is 5.55. The van der Waals surface area contributed by atoms with Gasteiger partial charge in [0.25, 0.3) is 0 Å². The van der Waals surface area contributed by atoms with Gasteiger partial charge >= 0.3 is 0 Å². The van der Waals surface area contributed by atoms with Crippen LogP contribution in [0, 0.1) is 12.8 Å². The fourth-order valence-corrected chi connectivity index (χ4v) is 2.31. The molecule has 0 aliphatic heterocycles. The van der Waals surface area contributed by atoms with Gasteiger partial charge in [-0.3, -0.25) is 4.79 Å². The number of hydrogen-bond acceptors (Lipinski definition) is 2. The first-order chi connectivity index (χ1) is 8.66. The second-order valence-corrected chi connectivity index (χ2v) is 4.93. The van der Waals surface area contributed by atoms with Crippen LogP contribution in [0.4, 0.5) is 5.69 Å². The summed E-state index contributed by atoms with van der Waals surface area (Å²) in [6.07, 6.45) is 8.11. The highest BCUT2D eigenvalue weighted by Gasteiger charge is 2.10. The molecule has 1 unspecified atom stereocenters. The number of nitrogens with one attached hydrogen (secondary N) is 1. The van der Waals surface area contributed by atoms with Crippen LogP contribution in [0.1, 0.15) is 35.2 Å². The molecule has 1 aliphatic rings. The molecule has 1 amide bonds. The van der Waals surface area contributed by atoms with Gasteiger partial charge in [-0.2, -0.15) is 0 Å². The van der Waals surface area contributed by atoms with Crippen LogP contribution in [0.2, 0.25) is 0 Å². The highest BCUT2D eigenvalue weighted by molar-refractivity contribution is 5.93. The highest BCUT2D eigenvalue weighted by Crippen LogP contribution is 2.21. The van der Waals surface area contributed by atoms with E-state index in [-0.39, 0.29) is 5.91 Å². The second kappa shape index (κ2) is 5.71. The topological polar surface area (TPSA) is 55.1 Å². The lowest BCUT2D eigenvalue weighted by Crippen LogP contribution is -2.16. The Labute approximate surface area is 108 Å². The van der Waals surface area contributed by atoms with Gasteiger partial charge in [-0.1, -0.05) is 12.2 Å². The summed E-state index contributed by atoms with van der Waals surface area (Å²) in [7, 11) is 0. The number of rotatable bonds is 4. The van der Waals surface area contributed by atoms with Crippen LogP contribution in [0.5, 0.6) is 0 Å². The third-order valence-electron chi connectivity index (χ3n) is 3.47. The van der Waals surface area contributed by atoms with Crippen molar-refractivity contribution in [3.63, 3.8) is 0 Å². The van der Waals surface area contributed by atoms with Crippen LogP contribution in [-0.4, -0.2) is 12.5 Å². The Bertz CT molecular complexity index is 466. The third kappa shape index (κ3) is 3.13. The molecule has 0 aromatic heterocycles. The van der Waals surface area contributed by atoms with E-state index in [4.69, 9.17) is 5.73 Å². The summed E-state index contributed by atoms with van der Waals surface area (Å²) in [5.74, 6) is 0.340. The number of carbonyl (C=O) groups excluding carboxylic acids is 1. The van der Waals surface area contributed by atoms with E-state index >= 15 is 0 Å². The Morgan fingerprint density at radius 1 is 1.44 bits per heavy atom. The molecule has 96 valence electrons. The summed E-state index contributed by atoms with van der Waals surface area (Å²) in [6.45, 7) is 2.98. The maximum atomic E-state index is 11.1. The van der Waals surface area contributed by atoms with E-state index in [2.05, 4.69) is 17.5 Å². The molecule has 0 heterocycles. The van der Waals surface area contributed by atoms with Gasteiger partial charge in [0.05, 0.1) is 0 Å². The van der Waals surface area contributed by atoms with Crippen molar-refractivity contribution in [2.75, 3.05) is 11.9 Å². The zero-order valence-corrected chi connectivity index (χ0v) is 10.8. The van der Waals surface area contributed by atoms with Gasteiger partial charge in [0.15, 0.2) is 0 Å². The highest BCUT2D eigenvalue weighted by atomic mass is 16.1. The molecule has 0 saturated heterocycles. The summed E-state index contributed by atoms with van der Waals surface area (Å²) >= 11 is 0. The van der Waals surface area contributed by atoms with E-state index < -0.39 is 0 Å². The van der Waals surface area contributed by atoms with E-state index in [0.29, 0.717) is 11.5 Å². The minimum absolute atomic E-state index is 0.373. The van der Waals surface area contributed by atoms with E-state index in [1.54, 1.807) is 6.07 Å². The Kier molecular flexibility index (Phi) is 4.03. The Morgan fingerprint density at radius 2 is 2.28 bits per heavy atom. The number of benzene rings is 1. The minimum Gasteiger partial charge on any atom is -0.385 e.